The molecule has 0 unspecified atom stereocenters. The maximum atomic E-state index is 13.5. The third-order valence-corrected chi connectivity index (χ3v) is 6.26. The quantitative estimate of drug-likeness (QED) is 0.356. The molecule has 2 heterocycles. The van der Waals surface area contributed by atoms with Crippen molar-refractivity contribution in [3.63, 3.8) is 0 Å². The Morgan fingerprint density at radius 2 is 1.62 bits per heavy atom. The molecule has 3 aromatic carbocycles. The van der Waals surface area contributed by atoms with Crippen molar-refractivity contribution in [3.05, 3.63) is 102 Å². The number of piperidine rings is 1. The SMILES string of the molecule is Fc1cccc(COc2cccc3ccc(N4CCC(Cc5ccccc5)CC4)nc23)c1. The molecule has 0 saturated carbocycles. The van der Waals surface area contributed by atoms with E-state index in [0.29, 0.717) is 6.61 Å². The van der Waals surface area contributed by atoms with Crippen LogP contribution in [-0.4, -0.2) is 18.1 Å². The summed E-state index contributed by atoms with van der Waals surface area (Å²) in [5.74, 6) is 2.20. The molecule has 162 valence electrons. The van der Waals surface area contributed by atoms with Gasteiger partial charge in [-0.05, 0) is 66.6 Å². The standard InChI is InChI=1S/C28H27FN2O/c29-25-10-4-8-23(19-25)20-32-26-11-5-9-24-12-13-27(30-28(24)26)31-16-14-22(15-17-31)18-21-6-2-1-3-7-21/h1-13,19,22H,14-18,20H2. The molecular formula is C28H27FN2O. The van der Waals surface area contributed by atoms with Crippen LogP contribution >= 0.6 is 0 Å². The van der Waals surface area contributed by atoms with Crippen LogP contribution in [0.4, 0.5) is 10.2 Å². The molecule has 0 amide bonds. The van der Waals surface area contributed by atoms with Crippen molar-refractivity contribution in [2.24, 2.45) is 5.92 Å². The molecule has 1 aromatic heterocycles. The summed E-state index contributed by atoms with van der Waals surface area (Å²) in [6.07, 6.45) is 3.50. The molecule has 0 aliphatic carbocycles. The first-order valence-corrected chi connectivity index (χ1v) is 11.3. The van der Waals surface area contributed by atoms with Gasteiger partial charge in [0.25, 0.3) is 0 Å². The number of hydrogen-bond acceptors (Lipinski definition) is 3. The van der Waals surface area contributed by atoms with Crippen molar-refractivity contribution in [1.29, 1.82) is 0 Å². The summed E-state index contributed by atoms with van der Waals surface area (Å²) in [5, 5.41) is 1.05. The zero-order valence-corrected chi connectivity index (χ0v) is 18.1. The highest BCUT2D eigenvalue weighted by Crippen LogP contribution is 2.30. The highest BCUT2D eigenvalue weighted by atomic mass is 19.1. The van der Waals surface area contributed by atoms with Gasteiger partial charge in [0.15, 0.2) is 0 Å². The Morgan fingerprint density at radius 1 is 0.844 bits per heavy atom. The molecule has 0 N–H and O–H groups in total. The molecule has 0 bridgehead atoms. The summed E-state index contributed by atoms with van der Waals surface area (Å²) < 4.78 is 19.5. The van der Waals surface area contributed by atoms with Gasteiger partial charge in [-0.25, -0.2) is 9.37 Å². The van der Waals surface area contributed by atoms with Crippen molar-refractivity contribution in [2.45, 2.75) is 25.9 Å². The minimum atomic E-state index is -0.250. The number of halogens is 1. The molecule has 4 aromatic rings. The second-order valence-electron chi connectivity index (χ2n) is 8.54. The number of para-hydroxylation sites is 1. The third kappa shape index (κ3) is 4.75. The largest absolute Gasteiger partial charge is 0.487 e. The van der Waals surface area contributed by atoms with Gasteiger partial charge in [-0.3, -0.25) is 0 Å². The molecule has 0 radical (unpaired) electrons. The molecule has 0 atom stereocenters. The van der Waals surface area contributed by atoms with Crippen LogP contribution in [0.2, 0.25) is 0 Å². The van der Waals surface area contributed by atoms with E-state index in [2.05, 4.69) is 47.4 Å². The molecule has 4 heteroatoms. The molecular weight excluding hydrogens is 399 g/mol. The summed E-state index contributed by atoms with van der Waals surface area (Å²) >= 11 is 0. The highest BCUT2D eigenvalue weighted by molar-refractivity contribution is 5.86. The summed E-state index contributed by atoms with van der Waals surface area (Å²) in [5.41, 5.74) is 3.08. The van der Waals surface area contributed by atoms with Gasteiger partial charge in [0, 0.05) is 18.5 Å². The van der Waals surface area contributed by atoms with Crippen LogP contribution < -0.4 is 9.64 Å². The highest BCUT2D eigenvalue weighted by Gasteiger charge is 2.21. The summed E-state index contributed by atoms with van der Waals surface area (Å²) in [6.45, 7) is 2.35. The lowest BCUT2D eigenvalue weighted by molar-refractivity contribution is 0.308. The minimum absolute atomic E-state index is 0.250. The van der Waals surface area contributed by atoms with Gasteiger partial charge in [0.1, 0.15) is 29.5 Å². The Labute approximate surface area is 188 Å². The maximum absolute atomic E-state index is 13.5. The Kier molecular flexibility index (Phi) is 6.02. The molecule has 1 fully saturated rings. The van der Waals surface area contributed by atoms with Crippen molar-refractivity contribution < 1.29 is 9.13 Å². The molecule has 32 heavy (non-hydrogen) atoms. The van der Waals surface area contributed by atoms with Crippen LogP contribution in [0, 0.1) is 11.7 Å². The monoisotopic (exact) mass is 426 g/mol. The smallest absolute Gasteiger partial charge is 0.146 e. The number of hydrogen-bond donors (Lipinski definition) is 0. The lowest BCUT2D eigenvalue weighted by Gasteiger charge is -2.33. The number of aromatic nitrogens is 1. The fraction of sp³-hybridized carbons (Fsp3) is 0.250. The summed E-state index contributed by atoms with van der Waals surface area (Å²) in [4.78, 5) is 7.34. The van der Waals surface area contributed by atoms with E-state index in [1.807, 2.05) is 24.3 Å². The van der Waals surface area contributed by atoms with Gasteiger partial charge < -0.3 is 9.64 Å². The Hall–Kier alpha value is -3.40. The fourth-order valence-electron chi connectivity index (χ4n) is 4.50. The van der Waals surface area contributed by atoms with E-state index in [4.69, 9.17) is 9.72 Å². The van der Waals surface area contributed by atoms with Crippen molar-refractivity contribution in [1.82, 2.24) is 4.98 Å². The average Bonchev–Trinajstić information content (AvgIpc) is 2.84. The number of nitrogens with zero attached hydrogens (tertiary/aromatic N) is 2. The molecule has 1 saturated heterocycles. The number of rotatable bonds is 6. The zero-order valence-electron chi connectivity index (χ0n) is 18.1. The Morgan fingerprint density at radius 3 is 2.44 bits per heavy atom. The van der Waals surface area contributed by atoms with E-state index in [0.717, 1.165) is 53.5 Å². The van der Waals surface area contributed by atoms with Crippen LogP contribution in [0.15, 0.2) is 84.9 Å². The molecule has 0 spiro atoms. The van der Waals surface area contributed by atoms with Gasteiger partial charge in [0.05, 0.1) is 0 Å². The zero-order chi connectivity index (χ0) is 21.8. The van der Waals surface area contributed by atoms with E-state index in [1.54, 1.807) is 6.07 Å². The molecule has 3 nitrogen and oxygen atoms in total. The predicted octanol–water partition coefficient (Wildman–Crippen LogP) is 6.41. The maximum Gasteiger partial charge on any atom is 0.146 e. The lowest BCUT2D eigenvalue weighted by Crippen LogP contribution is -2.34. The minimum Gasteiger partial charge on any atom is -0.487 e. The van der Waals surface area contributed by atoms with Crippen LogP contribution in [-0.2, 0) is 13.0 Å². The first-order valence-electron chi connectivity index (χ1n) is 11.3. The Bertz CT molecular complexity index is 1190. The first kappa shape index (κ1) is 20.5. The van der Waals surface area contributed by atoms with Gasteiger partial charge >= 0.3 is 0 Å². The van der Waals surface area contributed by atoms with E-state index in [-0.39, 0.29) is 5.82 Å². The van der Waals surface area contributed by atoms with Crippen LogP contribution in [0.3, 0.4) is 0 Å². The number of fused-ring (bicyclic) bond motifs is 1. The average molecular weight is 427 g/mol. The van der Waals surface area contributed by atoms with Gasteiger partial charge in [-0.2, -0.15) is 0 Å². The molecule has 5 rings (SSSR count). The van der Waals surface area contributed by atoms with Crippen molar-refractivity contribution in [3.8, 4) is 5.75 Å². The second-order valence-corrected chi connectivity index (χ2v) is 8.54. The van der Waals surface area contributed by atoms with Crippen LogP contribution in [0.1, 0.15) is 24.0 Å². The van der Waals surface area contributed by atoms with Crippen LogP contribution in [0.25, 0.3) is 10.9 Å². The summed E-state index contributed by atoms with van der Waals surface area (Å²) in [6, 6.07) is 27.5. The topological polar surface area (TPSA) is 25.4 Å². The Balaban J connectivity index is 1.28. The van der Waals surface area contributed by atoms with E-state index < -0.39 is 0 Å². The van der Waals surface area contributed by atoms with E-state index in [1.165, 1.54) is 30.5 Å². The first-order chi connectivity index (χ1) is 15.7. The number of benzene rings is 3. The predicted molar refractivity (Wildman–Crippen MR) is 128 cm³/mol. The second kappa shape index (κ2) is 9.39. The van der Waals surface area contributed by atoms with Gasteiger partial charge in [-0.1, -0.05) is 54.6 Å². The van der Waals surface area contributed by atoms with Crippen LogP contribution in [0.5, 0.6) is 5.75 Å². The number of anilines is 1. The van der Waals surface area contributed by atoms with E-state index >= 15 is 0 Å². The number of pyridine rings is 1. The van der Waals surface area contributed by atoms with E-state index in [9.17, 15) is 4.39 Å². The fourth-order valence-corrected chi connectivity index (χ4v) is 4.50. The van der Waals surface area contributed by atoms with Crippen molar-refractivity contribution in [2.75, 3.05) is 18.0 Å². The van der Waals surface area contributed by atoms with Gasteiger partial charge in [-0.15, -0.1) is 0 Å². The third-order valence-electron chi connectivity index (χ3n) is 6.26. The molecule has 1 aliphatic rings. The van der Waals surface area contributed by atoms with Gasteiger partial charge in [0.2, 0.25) is 0 Å². The van der Waals surface area contributed by atoms with Crippen molar-refractivity contribution >= 4 is 16.7 Å². The number of ether oxygens (including phenoxy) is 1. The normalized spacial score (nSPS) is 14.6. The summed E-state index contributed by atoms with van der Waals surface area (Å²) in [7, 11) is 0. The molecule has 1 aliphatic heterocycles. The lowest BCUT2D eigenvalue weighted by atomic mass is 9.90.